The lowest BCUT2D eigenvalue weighted by Crippen LogP contribution is -2.48. The number of rotatable bonds is 7. The van der Waals surface area contributed by atoms with Crippen molar-refractivity contribution in [2.24, 2.45) is 5.41 Å². The van der Waals surface area contributed by atoms with Crippen LogP contribution in [0.4, 0.5) is 0 Å². The lowest BCUT2D eigenvalue weighted by molar-refractivity contribution is -0.139. The Labute approximate surface area is 139 Å². The fourth-order valence-corrected chi connectivity index (χ4v) is 3.73. The van der Waals surface area contributed by atoms with Gasteiger partial charge in [-0.25, -0.2) is 0 Å². The average Bonchev–Trinajstić information content (AvgIpc) is 2.84. The summed E-state index contributed by atoms with van der Waals surface area (Å²) < 4.78 is 0. The molecule has 1 aliphatic heterocycles. The van der Waals surface area contributed by atoms with Gasteiger partial charge in [0.05, 0.1) is 11.6 Å². The molecule has 8 heteroatoms. The van der Waals surface area contributed by atoms with E-state index in [0.717, 1.165) is 0 Å². The van der Waals surface area contributed by atoms with Crippen molar-refractivity contribution in [2.45, 2.75) is 33.2 Å². The van der Waals surface area contributed by atoms with E-state index in [4.69, 9.17) is 5.11 Å². The van der Waals surface area contributed by atoms with Crippen molar-refractivity contribution >= 4 is 41.3 Å². The van der Waals surface area contributed by atoms with Crippen LogP contribution in [0.3, 0.4) is 0 Å². The summed E-state index contributed by atoms with van der Waals surface area (Å²) in [5.74, 6) is 0.757. The molecule has 1 saturated heterocycles. The summed E-state index contributed by atoms with van der Waals surface area (Å²) in [7, 11) is 0. The minimum absolute atomic E-state index is 0.0119. The number of hydrogen-bond donors (Lipinski definition) is 2. The third-order valence-electron chi connectivity index (χ3n) is 2.96. The van der Waals surface area contributed by atoms with E-state index in [1.165, 1.54) is 11.8 Å². The first-order valence-corrected chi connectivity index (χ1v) is 9.46. The highest BCUT2D eigenvalue weighted by Gasteiger charge is 2.35. The maximum atomic E-state index is 12.3. The molecule has 0 aromatic rings. The highest BCUT2D eigenvalue weighted by molar-refractivity contribution is 8.00. The average molecular weight is 348 g/mol. The van der Waals surface area contributed by atoms with Gasteiger partial charge in [-0.05, 0) is 5.41 Å². The predicted molar refractivity (Wildman–Crippen MR) is 90.0 cm³/mol. The molecule has 1 atom stereocenters. The Hall–Kier alpha value is -0.890. The molecule has 0 radical (unpaired) electrons. The maximum absolute atomic E-state index is 12.3. The van der Waals surface area contributed by atoms with Gasteiger partial charge >= 0.3 is 5.97 Å². The van der Waals surface area contributed by atoms with E-state index in [9.17, 15) is 14.4 Å². The molecule has 1 rings (SSSR count). The molecular formula is C14H24N2O4S2. The molecule has 1 fully saturated rings. The molecule has 2 N–H and O–H groups in total. The van der Waals surface area contributed by atoms with Crippen LogP contribution in [0.5, 0.6) is 0 Å². The second-order valence-electron chi connectivity index (χ2n) is 6.35. The topological polar surface area (TPSA) is 86.7 Å². The SMILES string of the molecule is CC(C)(C)CC(=O)N1CSCC1C(=O)NCCSCC(=O)O. The van der Waals surface area contributed by atoms with Crippen molar-refractivity contribution in [3.63, 3.8) is 0 Å². The van der Waals surface area contributed by atoms with E-state index in [2.05, 4.69) is 5.32 Å². The van der Waals surface area contributed by atoms with Crippen molar-refractivity contribution in [1.29, 1.82) is 0 Å². The number of nitrogens with zero attached hydrogens (tertiary/aromatic N) is 1. The predicted octanol–water partition coefficient (Wildman–Crippen LogP) is 1.26. The number of nitrogens with one attached hydrogen (secondary N) is 1. The zero-order valence-electron chi connectivity index (χ0n) is 13.3. The standard InChI is InChI=1S/C14H24N2O4S2/c1-14(2,3)6-11(17)16-9-22-7-10(16)13(20)15-4-5-21-8-12(18)19/h10H,4-9H2,1-3H3,(H,15,20)(H,18,19). The van der Waals surface area contributed by atoms with E-state index in [-0.39, 0.29) is 23.0 Å². The summed E-state index contributed by atoms with van der Waals surface area (Å²) in [6.45, 7) is 6.42. The molecule has 1 heterocycles. The molecule has 0 saturated carbocycles. The van der Waals surface area contributed by atoms with Crippen LogP contribution in [0.25, 0.3) is 0 Å². The van der Waals surface area contributed by atoms with Gasteiger partial charge in [0.15, 0.2) is 0 Å². The van der Waals surface area contributed by atoms with E-state index >= 15 is 0 Å². The number of carbonyl (C=O) groups is 3. The van der Waals surface area contributed by atoms with Gasteiger partial charge in [-0.15, -0.1) is 23.5 Å². The summed E-state index contributed by atoms with van der Waals surface area (Å²) >= 11 is 2.84. The van der Waals surface area contributed by atoms with Gasteiger partial charge in [0.25, 0.3) is 0 Å². The zero-order valence-corrected chi connectivity index (χ0v) is 14.9. The van der Waals surface area contributed by atoms with Crippen molar-refractivity contribution in [3.05, 3.63) is 0 Å². The number of carboxylic acids is 1. The van der Waals surface area contributed by atoms with E-state index in [1.54, 1.807) is 16.7 Å². The largest absolute Gasteiger partial charge is 0.481 e. The Balaban J connectivity index is 2.40. The van der Waals surface area contributed by atoms with Crippen molar-refractivity contribution in [1.82, 2.24) is 10.2 Å². The highest BCUT2D eigenvalue weighted by atomic mass is 32.2. The van der Waals surface area contributed by atoms with Gasteiger partial charge < -0.3 is 15.3 Å². The fourth-order valence-electron chi connectivity index (χ4n) is 1.98. The number of hydrogen-bond acceptors (Lipinski definition) is 5. The van der Waals surface area contributed by atoms with Crippen molar-refractivity contribution in [3.8, 4) is 0 Å². The lowest BCUT2D eigenvalue weighted by Gasteiger charge is -2.26. The van der Waals surface area contributed by atoms with E-state index in [1.807, 2.05) is 20.8 Å². The molecular weight excluding hydrogens is 324 g/mol. The summed E-state index contributed by atoms with van der Waals surface area (Å²) in [5, 5.41) is 11.3. The van der Waals surface area contributed by atoms with Crippen molar-refractivity contribution < 1.29 is 19.5 Å². The Kier molecular flexibility index (Phi) is 7.55. The van der Waals surface area contributed by atoms with E-state index in [0.29, 0.717) is 30.3 Å². The maximum Gasteiger partial charge on any atom is 0.313 e. The third-order valence-corrected chi connectivity index (χ3v) is 4.91. The minimum atomic E-state index is -0.859. The van der Waals surface area contributed by atoms with Gasteiger partial charge in [0.1, 0.15) is 6.04 Å². The molecule has 126 valence electrons. The summed E-state index contributed by atoms with van der Waals surface area (Å²) in [4.78, 5) is 36.5. The molecule has 0 spiro atoms. The Morgan fingerprint density at radius 1 is 1.36 bits per heavy atom. The zero-order chi connectivity index (χ0) is 16.8. The Morgan fingerprint density at radius 3 is 2.64 bits per heavy atom. The van der Waals surface area contributed by atoms with Crippen LogP contribution in [0.15, 0.2) is 0 Å². The first kappa shape index (κ1) is 19.2. The van der Waals surface area contributed by atoms with Crippen LogP contribution in [0.2, 0.25) is 0 Å². The van der Waals surface area contributed by atoms with E-state index < -0.39 is 12.0 Å². The van der Waals surface area contributed by atoms with Crippen molar-refractivity contribution in [2.75, 3.05) is 29.7 Å². The third kappa shape index (κ3) is 6.91. The Morgan fingerprint density at radius 2 is 2.05 bits per heavy atom. The van der Waals surface area contributed by atoms with Gasteiger partial charge in [-0.3, -0.25) is 14.4 Å². The number of thioether (sulfide) groups is 2. The monoisotopic (exact) mass is 348 g/mol. The molecule has 1 unspecified atom stereocenters. The molecule has 2 amide bonds. The lowest BCUT2D eigenvalue weighted by atomic mass is 9.91. The van der Waals surface area contributed by atoms with Crippen LogP contribution < -0.4 is 5.32 Å². The summed E-state index contributed by atoms with van der Waals surface area (Å²) in [6.07, 6.45) is 0.422. The summed E-state index contributed by atoms with van der Waals surface area (Å²) in [6, 6.07) is -0.413. The van der Waals surface area contributed by atoms with Crippen LogP contribution in [0.1, 0.15) is 27.2 Å². The molecule has 0 aliphatic carbocycles. The number of amides is 2. The first-order valence-electron chi connectivity index (χ1n) is 7.15. The second kappa shape index (κ2) is 8.67. The van der Waals surface area contributed by atoms with Gasteiger partial charge in [0, 0.05) is 24.5 Å². The van der Waals surface area contributed by atoms with Crippen LogP contribution in [0, 0.1) is 5.41 Å². The summed E-state index contributed by atoms with van der Waals surface area (Å²) in [5.41, 5.74) is -0.0984. The molecule has 1 aliphatic rings. The normalized spacial score (nSPS) is 18.3. The smallest absolute Gasteiger partial charge is 0.313 e. The first-order chi connectivity index (χ1) is 10.2. The number of carbonyl (C=O) groups excluding carboxylic acids is 2. The van der Waals surface area contributed by atoms with Gasteiger partial charge in [-0.1, -0.05) is 20.8 Å². The minimum Gasteiger partial charge on any atom is -0.481 e. The number of carboxylic acid groups (broad SMARTS) is 1. The van der Waals surface area contributed by atoms with Crippen LogP contribution in [-0.4, -0.2) is 63.5 Å². The fraction of sp³-hybridized carbons (Fsp3) is 0.786. The van der Waals surface area contributed by atoms with Gasteiger partial charge in [0.2, 0.25) is 11.8 Å². The highest BCUT2D eigenvalue weighted by Crippen LogP contribution is 2.26. The van der Waals surface area contributed by atoms with Gasteiger partial charge in [-0.2, -0.15) is 0 Å². The van der Waals surface area contributed by atoms with Crippen LogP contribution in [-0.2, 0) is 14.4 Å². The molecule has 0 aromatic carbocycles. The Bertz CT molecular complexity index is 424. The molecule has 0 aromatic heterocycles. The molecule has 0 bridgehead atoms. The van der Waals surface area contributed by atoms with Crippen LogP contribution >= 0.6 is 23.5 Å². The second-order valence-corrected chi connectivity index (χ2v) is 8.46. The quantitative estimate of drug-likeness (QED) is 0.674. The molecule has 22 heavy (non-hydrogen) atoms. The number of aliphatic carboxylic acids is 1. The molecule has 6 nitrogen and oxygen atoms in total.